The number of para-hydroxylation sites is 1. The second-order valence-corrected chi connectivity index (χ2v) is 6.85. The van der Waals surface area contributed by atoms with Crippen LogP contribution in [-0.2, 0) is 18.4 Å². The van der Waals surface area contributed by atoms with Gasteiger partial charge in [0.1, 0.15) is 17.0 Å². The van der Waals surface area contributed by atoms with E-state index >= 15 is 0 Å². The number of carbonyl (C=O) groups excluding carboxylic acids is 1. The number of rotatable bonds is 6. The maximum atomic E-state index is 12.6. The normalized spacial score (nSPS) is 13.5. The van der Waals surface area contributed by atoms with Gasteiger partial charge < -0.3 is 21.1 Å². The van der Waals surface area contributed by atoms with E-state index in [-0.39, 0.29) is 17.4 Å². The van der Waals surface area contributed by atoms with Crippen LogP contribution in [-0.4, -0.2) is 27.8 Å². The number of pyridine rings is 1. The molecule has 0 saturated heterocycles. The second-order valence-electron chi connectivity index (χ2n) is 6.85. The van der Waals surface area contributed by atoms with Gasteiger partial charge in [-0.15, -0.1) is 0 Å². The Morgan fingerprint density at radius 2 is 2.18 bits per heavy atom. The zero-order chi connectivity index (χ0) is 19.8. The van der Waals surface area contributed by atoms with Gasteiger partial charge in [-0.25, -0.2) is 4.98 Å². The summed E-state index contributed by atoms with van der Waals surface area (Å²) in [5, 5.41) is 9.39. The van der Waals surface area contributed by atoms with Crippen molar-refractivity contribution in [2.24, 2.45) is 18.7 Å². The van der Waals surface area contributed by atoms with Crippen molar-refractivity contribution in [2.45, 2.75) is 19.4 Å². The molecule has 28 heavy (non-hydrogen) atoms. The highest BCUT2D eigenvalue weighted by Crippen LogP contribution is 2.34. The lowest BCUT2D eigenvalue weighted by atomic mass is 10.1. The molecule has 146 valence electrons. The molecule has 2 aromatic heterocycles. The van der Waals surface area contributed by atoms with Gasteiger partial charge in [0.15, 0.2) is 5.65 Å². The Balaban J connectivity index is 1.80. The number of aryl methyl sites for hydroxylation is 1. The molecular weight excluding hydrogens is 360 g/mol. The molecule has 0 bridgehead atoms. The molecule has 0 atom stereocenters. The molecular formula is C19H22N6O3. The molecule has 1 fully saturated rings. The van der Waals surface area contributed by atoms with E-state index in [0.717, 1.165) is 18.4 Å². The fourth-order valence-electron chi connectivity index (χ4n) is 3.19. The second kappa shape index (κ2) is 7.01. The van der Waals surface area contributed by atoms with E-state index in [1.807, 2.05) is 18.2 Å². The number of nitrogens with two attached hydrogens (primary N) is 1. The number of methoxy groups -OCH3 is 1. The molecule has 1 aliphatic carbocycles. The number of benzene rings is 1. The summed E-state index contributed by atoms with van der Waals surface area (Å²) in [5.74, 6) is 0.970. The monoisotopic (exact) mass is 382 g/mol. The molecule has 1 aliphatic rings. The molecule has 3 aromatic rings. The van der Waals surface area contributed by atoms with Crippen LogP contribution in [0.4, 0.5) is 17.2 Å². The first-order valence-electron chi connectivity index (χ1n) is 9.05. The molecule has 5 N–H and O–H groups in total. The van der Waals surface area contributed by atoms with Crippen LogP contribution in [0.15, 0.2) is 29.1 Å². The van der Waals surface area contributed by atoms with Crippen molar-refractivity contribution in [3.63, 3.8) is 0 Å². The Morgan fingerprint density at radius 1 is 1.39 bits per heavy atom. The first-order valence-corrected chi connectivity index (χ1v) is 9.05. The fraction of sp³-hybridized carbons (Fsp3) is 0.316. The highest BCUT2D eigenvalue weighted by molar-refractivity contribution is 5.98. The number of fused-ring (bicyclic) bond motifs is 1. The van der Waals surface area contributed by atoms with Crippen LogP contribution >= 0.6 is 0 Å². The van der Waals surface area contributed by atoms with Gasteiger partial charge in [-0.2, -0.15) is 0 Å². The molecule has 0 radical (unpaired) electrons. The van der Waals surface area contributed by atoms with Crippen molar-refractivity contribution in [1.82, 2.24) is 14.8 Å². The van der Waals surface area contributed by atoms with Crippen molar-refractivity contribution in [3.05, 3.63) is 40.2 Å². The average Bonchev–Trinajstić information content (AvgIpc) is 3.48. The Labute approximate surface area is 160 Å². The quantitative estimate of drug-likeness (QED) is 0.515. The van der Waals surface area contributed by atoms with Crippen LogP contribution < -0.4 is 26.7 Å². The van der Waals surface area contributed by atoms with Gasteiger partial charge in [-0.05, 0) is 18.9 Å². The lowest BCUT2D eigenvalue weighted by Crippen LogP contribution is -2.15. The summed E-state index contributed by atoms with van der Waals surface area (Å²) in [4.78, 5) is 29.1. The van der Waals surface area contributed by atoms with Crippen molar-refractivity contribution in [2.75, 3.05) is 17.7 Å². The Morgan fingerprint density at radius 3 is 2.86 bits per heavy atom. The minimum absolute atomic E-state index is 0.0464. The highest BCUT2D eigenvalue weighted by atomic mass is 16.5. The van der Waals surface area contributed by atoms with E-state index in [1.54, 1.807) is 20.2 Å². The summed E-state index contributed by atoms with van der Waals surface area (Å²) < 4.78 is 6.85. The highest BCUT2D eigenvalue weighted by Gasteiger charge is 2.30. The van der Waals surface area contributed by atoms with Crippen molar-refractivity contribution in [3.8, 4) is 5.75 Å². The number of aromatic nitrogens is 3. The summed E-state index contributed by atoms with van der Waals surface area (Å²) in [6.07, 6.45) is 1.79. The largest absolute Gasteiger partial charge is 0.494 e. The molecule has 1 amide bonds. The summed E-state index contributed by atoms with van der Waals surface area (Å²) in [6.45, 7) is 0.319. The van der Waals surface area contributed by atoms with Gasteiger partial charge >= 0.3 is 0 Å². The fourth-order valence-corrected chi connectivity index (χ4v) is 3.19. The number of ether oxygens (including phenoxy) is 1. The molecule has 0 spiro atoms. The molecule has 2 heterocycles. The average molecular weight is 382 g/mol. The predicted molar refractivity (Wildman–Crippen MR) is 107 cm³/mol. The third-order valence-electron chi connectivity index (χ3n) is 4.80. The number of hydrogen-bond acceptors (Lipinski definition) is 6. The van der Waals surface area contributed by atoms with Crippen molar-refractivity contribution < 1.29 is 9.53 Å². The number of nitrogens with zero attached hydrogens (tertiary/aromatic N) is 2. The molecule has 0 aliphatic heterocycles. The van der Waals surface area contributed by atoms with Crippen LogP contribution in [0.1, 0.15) is 18.4 Å². The van der Waals surface area contributed by atoms with E-state index in [1.165, 1.54) is 4.68 Å². The molecule has 9 nitrogen and oxygen atoms in total. The Bertz CT molecular complexity index is 1110. The molecule has 1 aromatic carbocycles. The predicted octanol–water partition coefficient (Wildman–Crippen LogP) is 1.82. The first kappa shape index (κ1) is 18.1. The number of nitrogens with one attached hydrogen (secondary N) is 3. The van der Waals surface area contributed by atoms with Gasteiger partial charge in [-0.3, -0.25) is 19.4 Å². The first-order chi connectivity index (χ1) is 13.5. The standard InChI is InChI=1S/C19H22N6O3/c1-25-19(27)15-13(21-12-5-3-4-11(9-20)16(12)28-2)8-14(22-17(15)24-25)23-18(26)10-6-7-10/h3-5,8,10H,6-7,9,20H2,1-2H3,(H3,21,22,23,24,26). The number of H-pyrrole nitrogens is 1. The third-order valence-corrected chi connectivity index (χ3v) is 4.80. The molecule has 9 heteroatoms. The number of carbonyl (C=O) groups is 1. The third kappa shape index (κ3) is 3.20. The van der Waals surface area contributed by atoms with Gasteiger partial charge in [0.2, 0.25) is 5.91 Å². The Hall–Kier alpha value is -3.33. The van der Waals surface area contributed by atoms with Crippen LogP contribution in [0.5, 0.6) is 5.75 Å². The maximum absolute atomic E-state index is 12.6. The van der Waals surface area contributed by atoms with Crippen LogP contribution in [0.3, 0.4) is 0 Å². The SMILES string of the molecule is COc1c(CN)cccc1Nc1cc(NC(=O)C2CC2)nc2[nH]n(C)c(=O)c12. The molecule has 4 rings (SSSR count). The maximum Gasteiger partial charge on any atom is 0.277 e. The summed E-state index contributed by atoms with van der Waals surface area (Å²) >= 11 is 0. The van der Waals surface area contributed by atoms with Crippen molar-refractivity contribution >= 4 is 34.1 Å². The molecule has 0 unspecified atom stereocenters. The number of aromatic amines is 1. The van der Waals surface area contributed by atoms with Gasteiger partial charge in [0.25, 0.3) is 5.56 Å². The summed E-state index contributed by atoms with van der Waals surface area (Å²) in [5.41, 5.74) is 7.98. The lowest BCUT2D eigenvalue weighted by molar-refractivity contribution is -0.117. The zero-order valence-electron chi connectivity index (χ0n) is 15.7. The minimum Gasteiger partial charge on any atom is -0.494 e. The number of anilines is 3. The van der Waals surface area contributed by atoms with Crippen LogP contribution in [0, 0.1) is 5.92 Å². The van der Waals surface area contributed by atoms with E-state index in [4.69, 9.17) is 10.5 Å². The van der Waals surface area contributed by atoms with E-state index < -0.39 is 0 Å². The smallest absolute Gasteiger partial charge is 0.277 e. The van der Waals surface area contributed by atoms with Crippen LogP contribution in [0.2, 0.25) is 0 Å². The molecule has 1 saturated carbocycles. The minimum atomic E-state index is -0.223. The number of hydrogen-bond donors (Lipinski definition) is 4. The Kier molecular flexibility index (Phi) is 4.52. The summed E-state index contributed by atoms with van der Waals surface area (Å²) in [7, 11) is 3.18. The topological polar surface area (TPSA) is 127 Å². The van der Waals surface area contributed by atoms with Crippen LogP contribution in [0.25, 0.3) is 11.0 Å². The van der Waals surface area contributed by atoms with E-state index in [2.05, 4.69) is 20.7 Å². The number of amides is 1. The lowest BCUT2D eigenvalue weighted by Gasteiger charge is -2.15. The van der Waals surface area contributed by atoms with Gasteiger partial charge in [-0.1, -0.05) is 12.1 Å². The van der Waals surface area contributed by atoms with E-state index in [9.17, 15) is 9.59 Å². The van der Waals surface area contributed by atoms with Gasteiger partial charge in [0.05, 0.1) is 18.5 Å². The van der Waals surface area contributed by atoms with Crippen molar-refractivity contribution in [1.29, 1.82) is 0 Å². The van der Waals surface area contributed by atoms with E-state index in [0.29, 0.717) is 40.5 Å². The summed E-state index contributed by atoms with van der Waals surface area (Å²) in [6, 6.07) is 7.23. The zero-order valence-corrected chi connectivity index (χ0v) is 15.7. The van der Waals surface area contributed by atoms with Gasteiger partial charge in [0, 0.05) is 31.1 Å².